The van der Waals surface area contributed by atoms with Gasteiger partial charge in [-0.1, -0.05) is 46.8 Å². The molecule has 1 aliphatic heterocycles. The zero-order chi connectivity index (χ0) is 23.7. The minimum Gasteiger partial charge on any atom is -0.352 e. The van der Waals surface area contributed by atoms with E-state index in [0.29, 0.717) is 12.2 Å². The van der Waals surface area contributed by atoms with E-state index in [4.69, 9.17) is 0 Å². The Hall–Kier alpha value is -2.77. The number of nitrogens with zero attached hydrogens (tertiary/aromatic N) is 3. The summed E-state index contributed by atoms with van der Waals surface area (Å²) in [6, 6.07) is 9.59. The summed E-state index contributed by atoms with van der Waals surface area (Å²) in [6.45, 7) is 11.2. The van der Waals surface area contributed by atoms with Crippen LogP contribution in [0.25, 0.3) is 0 Å². The third-order valence-corrected chi connectivity index (χ3v) is 5.84. The standard InChI is InChI=1S/C24H31F3N4O/c1-16(2)20-15-30(21-19(24(25,26)27)7-6-12-28-21)13-14-31(20)22(32)29-18-10-8-17(9-11-18)23(3,4)5/h6-12,16,20H,13-15H2,1-5H3,(H,29,32). The molecule has 0 aliphatic carbocycles. The van der Waals surface area contributed by atoms with E-state index in [2.05, 4.69) is 31.1 Å². The van der Waals surface area contributed by atoms with Crippen LogP contribution in [0, 0.1) is 5.92 Å². The number of rotatable bonds is 3. The lowest BCUT2D eigenvalue weighted by atomic mass is 9.87. The van der Waals surface area contributed by atoms with Gasteiger partial charge in [0.15, 0.2) is 0 Å². The van der Waals surface area contributed by atoms with Gasteiger partial charge in [0.1, 0.15) is 5.82 Å². The molecule has 1 fully saturated rings. The number of hydrogen-bond donors (Lipinski definition) is 1. The molecular weight excluding hydrogens is 417 g/mol. The molecule has 174 valence electrons. The number of alkyl halides is 3. The number of benzene rings is 1. The van der Waals surface area contributed by atoms with Crippen molar-refractivity contribution in [3.8, 4) is 0 Å². The second-order valence-corrected chi connectivity index (χ2v) is 9.58. The SMILES string of the molecule is CC(C)C1CN(c2ncccc2C(F)(F)F)CCN1C(=O)Nc1ccc(C(C)(C)C)cc1. The van der Waals surface area contributed by atoms with Gasteiger partial charge in [0.2, 0.25) is 0 Å². The van der Waals surface area contributed by atoms with E-state index in [-0.39, 0.29) is 42.3 Å². The smallest absolute Gasteiger partial charge is 0.352 e. The highest BCUT2D eigenvalue weighted by atomic mass is 19.4. The fourth-order valence-corrected chi connectivity index (χ4v) is 3.94. The highest BCUT2D eigenvalue weighted by Crippen LogP contribution is 2.36. The Morgan fingerprint density at radius 1 is 1.09 bits per heavy atom. The molecule has 32 heavy (non-hydrogen) atoms. The van der Waals surface area contributed by atoms with Crippen LogP contribution in [0.4, 0.5) is 29.5 Å². The molecule has 0 radical (unpaired) electrons. The number of pyridine rings is 1. The maximum atomic E-state index is 13.5. The van der Waals surface area contributed by atoms with Crippen molar-refractivity contribution in [3.05, 3.63) is 53.7 Å². The van der Waals surface area contributed by atoms with Crippen molar-refractivity contribution in [3.63, 3.8) is 0 Å². The maximum Gasteiger partial charge on any atom is 0.419 e. The summed E-state index contributed by atoms with van der Waals surface area (Å²) in [5, 5.41) is 2.94. The zero-order valence-electron chi connectivity index (χ0n) is 19.2. The van der Waals surface area contributed by atoms with E-state index >= 15 is 0 Å². The third-order valence-electron chi connectivity index (χ3n) is 5.84. The van der Waals surface area contributed by atoms with Gasteiger partial charge in [0.05, 0.1) is 11.6 Å². The van der Waals surface area contributed by atoms with Crippen LogP contribution in [0.3, 0.4) is 0 Å². The highest BCUT2D eigenvalue weighted by molar-refractivity contribution is 5.89. The van der Waals surface area contributed by atoms with E-state index in [1.54, 1.807) is 9.80 Å². The van der Waals surface area contributed by atoms with Gasteiger partial charge < -0.3 is 15.1 Å². The Bertz CT molecular complexity index is 935. The summed E-state index contributed by atoms with van der Waals surface area (Å²) in [6.07, 6.45) is -3.11. The van der Waals surface area contributed by atoms with Crippen LogP contribution in [0.1, 0.15) is 45.7 Å². The van der Waals surface area contributed by atoms with Crippen molar-refractivity contribution in [2.24, 2.45) is 5.92 Å². The quantitative estimate of drug-likeness (QED) is 0.648. The summed E-state index contributed by atoms with van der Waals surface area (Å²) in [5.41, 5.74) is 1.12. The van der Waals surface area contributed by atoms with Crippen molar-refractivity contribution in [2.45, 2.75) is 52.3 Å². The largest absolute Gasteiger partial charge is 0.419 e. The molecule has 1 saturated heterocycles. The van der Waals surface area contributed by atoms with Crippen molar-refractivity contribution >= 4 is 17.5 Å². The number of hydrogen-bond acceptors (Lipinski definition) is 3. The monoisotopic (exact) mass is 448 g/mol. The maximum absolute atomic E-state index is 13.5. The number of aromatic nitrogens is 1. The first-order chi connectivity index (χ1) is 14.9. The number of piperazine rings is 1. The fourth-order valence-electron chi connectivity index (χ4n) is 3.94. The van der Waals surface area contributed by atoms with Crippen LogP contribution in [0.2, 0.25) is 0 Å². The van der Waals surface area contributed by atoms with Crippen molar-refractivity contribution < 1.29 is 18.0 Å². The molecule has 1 aliphatic rings. The van der Waals surface area contributed by atoms with Crippen LogP contribution in [0.15, 0.2) is 42.6 Å². The Balaban J connectivity index is 1.76. The molecule has 1 aromatic heterocycles. The lowest BCUT2D eigenvalue weighted by Gasteiger charge is -2.44. The minimum atomic E-state index is -4.48. The van der Waals surface area contributed by atoms with Crippen LogP contribution < -0.4 is 10.2 Å². The van der Waals surface area contributed by atoms with Gasteiger partial charge in [-0.3, -0.25) is 0 Å². The van der Waals surface area contributed by atoms with Gasteiger partial charge in [-0.2, -0.15) is 13.2 Å². The van der Waals surface area contributed by atoms with E-state index in [1.165, 1.54) is 17.8 Å². The van der Waals surface area contributed by atoms with Gasteiger partial charge in [-0.05, 0) is 41.2 Å². The average Bonchev–Trinajstić information content (AvgIpc) is 2.72. The van der Waals surface area contributed by atoms with Crippen molar-refractivity contribution in [2.75, 3.05) is 29.9 Å². The molecule has 0 spiro atoms. The zero-order valence-corrected chi connectivity index (χ0v) is 19.2. The number of amides is 2. The fraction of sp³-hybridized carbons (Fsp3) is 0.500. The van der Waals surface area contributed by atoms with Gasteiger partial charge in [0.25, 0.3) is 0 Å². The number of nitrogens with one attached hydrogen (secondary N) is 1. The molecule has 3 rings (SSSR count). The van der Waals surface area contributed by atoms with Gasteiger partial charge >= 0.3 is 12.2 Å². The van der Waals surface area contributed by atoms with E-state index in [0.717, 1.165) is 6.07 Å². The molecular formula is C24H31F3N4O. The van der Waals surface area contributed by atoms with Crippen molar-refractivity contribution in [1.29, 1.82) is 0 Å². The summed E-state index contributed by atoms with van der Waals surface area (Å²) in [5.74, 6) is -0.0201. The lowest BCUT2D eigenvalue weighted by molar-refractivity contribution is -0.137. The Morgan fingerprint density at radius 3 is 2.31 bits per heavy atom. The second kappa shape index (κ2) is 9.00. The second-order valence-electron chi connectivity index (χ2n) is 9.58. The number of carbonyl (C=O) groups is 1. The molecule has 5 nitrogen and oxygen atoms in total. The molecule has 0 saturated carbocycles. The van der Waals surface area contributed by atoms with Crippen LogP contribution >= 0.6 is 0 Å². The van der Waals surface area contributed by atoms with Crippen LogP contribution in [-0.2, 0) is 11.6 Å². The number of carbonyl (C=O) groups excluding carboxylic acids is 1. The van der Waals surface area contributed by atoms with E-state index < -0.39 is 11.7 Å². The summed E-state index contributed by atoms with van der Waals surface area (Å²) in [7, 11) is 0. The van der Waals surface area contributed by atoms with E-state index in [9.17, 15) is 18.0 Å². The van der Waals surface area contributed by atoms with Gasteiger partial charge in [0, 0.05) is 31.5 Å². The van der Waals surface area contributed by atoms with Crippen LogP contribution in [-0.4, -0.2) is 41.6 Å². The molecule has 8 heteroatoms. The van der Waals surface area contributed by atoms with Gasteiger partial charge in [-0.15, -0.1) is 0 Å². The molecule has 1 N–H and O–H groups in total. The first-order valence-electron chi connectivity index (χ1n) is 10.8. The normalized spacial score (nSPS) is 17.6. The van der Waals surface area contributed by atoms with Crippen LogP contribution in [0.5, 0.6) is 0 Å². The van der Waals surface area contributed by atoms with Gasteiger partial charge in [-0.25, -0.2) is 9.78 Å². The highest BCUT2D eigenvalue weighted by Gasteiger charge is 2.39. The minimum absolute atomic E-state index is 0.0162. The Morgan fingerprint density at radius 2 is 1.75 bits per heavy atom. The molecule has 2 aromatic rings. The number of urea groups is 1. The third kappa shape index (κ3) is 5.34. The molecule has 1 atom stereocenters. The predicted molar refractivity (Wildman–Crippen MR) is 121 cm³/mol. The van der Waals surface area contributed by atoms with Crippen molar-refractivity contribution in [1.82, 2.24) is 9.88 Å². The lowest BCUT2D eigenvalue weighted by Crippen LogP contribution is -2.58. The first kappa shape index (κ1) is 23.9. The molecule has 0 bridgehead atoms. The molecule has 2 heterocycles. The summed E-state index contributed by atoms with van der Waals surface area (Å²) in [4.78, 5) is 20.4. The average molecular weight is 449 g/mol. The summed E-state index contributed by atoms with van der Waals surface area (Å²) >= 11 is 0. The molecule has 2 amide bonds. The Kier molecular flexibility index (Phi) is 6.72. The first-order valence-corrected chi connectivity index (χ1v) is 10.8. The van der Waals surface area contributed by atoms with E-state index in [1.807, 2.05) is 38.1 Å². The number of anilines is 2. The topological polar surface area (TPSA) is 48.5 Å². The number of halogens is 3. The summed E-state index contributed by atoms with van der Waals surface area (Å²) < 4.78 is 40.4. The Labute approximate surface area is 187 Å². The molecule has 1 aromatic carbocycles. The molecule has 1 unspecified atom stereocenters. The predicted octanol–water partition coefficient (Wildman–Crippen LogP) is 5.78.